The van der Waals surface area contributed by atoms with E-state index in [2.05, 4.69) is 30.5 Å². The van der Waals surface area contributed by atoms with Crippen LogP contribution in [-0.4, -0.2) is 36.0 Å². The number of hydrogen-bond acceptors (Lipinski definition) is 5. The van der Waals surface area contributed by atoms with Crippen molar-refractivity contribution < 1.29 is 13.6 Å². The zero-order chi connectivity index (χ0) is 27.9. The number of nitrogens with one attached hydrogen (secondary N) is 3. The van der Waals surface area contributed by atoms with Crippen molar-refractivity contribution in [2.24, 2.45) is 5.92 Å². The SMILES string of the molecule is O=C(Nc1cncc(-c2cc3c(-c4nc5c(-c6ccccc6F)ccnc5[nH]4)n[nH]c3cc2F)c1)C1CCCCC1. The van der Waals surface area contributed by atoms with E-state index in [9.17, 15) is 9.18 Å². The Morgan fingerprint density at radius 2 is 1.78 bits per heavy atom. The van der Waals surface area contributed by atoms with E-state index in [0.717, 1.165) is 32.1 Å². The van der Waals surface area contributed by atoms with E-state index in [1.807, 2.05) is 0 Å². The maximum Gasteiger partial charge on any atom is 0.227 e. The molecule has 7 rings (SSSR count). The average molecular weight is 550 g/mol. The number of aromatic amines is 2. The monoisotopic (exact) mass is 549 g/mol. The molecule has 0 radical (unpaired) electrons. The predicted molar refractivity (Wildman–Crippen MR) is 153 cm³/mol. The summed E-state index contributed by atoms with van der Waals surface area (Å²) < 4.78 is 29.9. The number of carbonyl (C=O) groups is 1. The number of H-pyrrole nitrogens is 2. The number of anilines is 1. The lowest BCUT2D eigenvalue weighted by molar-refractivity contribution is -0.120. The highest BCUT2D eigenvalue weighted by Gasteiger charge is 2.22. The lowest BCUT2D eigenvalue weighted by Gasteiger charge is -2.20. The van der Waals surface area contributed by atoms with Gasteiger partial charge in [-0.2, -0.15) is 5.10 Å². The quantitative estimate of drug-likeness (QED) is 0.214. The molecule has 3 N–H and O–H groups in total. The van der Waals surface area contributed by atoms with Crippen LogP contribution in [0, 0.1) is 17.6 Å². The van der Waals surface area contributed by atoms with Crippen molar-refractivity contribution >= 4 is 33.7 Å². The van der Waals surface area contributed by atoms with Gasteiger partial charge < -0.3 is 10.3 Å². The maximum atomic E-state index is 15.3. The van der Waals surface area contributed by atoms with Gasteiger partial charge in [-0.1, -0.05) is 37.5 Å². The van der Waals surface area contributed by atoms with Crippen LogP contribution in [0.3, 0.4) is 0 Å². The number of nitrogens with zero attached hydrogens (tertiary/aromatic N) is 4. The van der Waals surface area contributed by atoms with Gasteiger partial charge in [0, 0.05) is 52.0 Å². The van der Waals surface area contributed by atoms with E-state index in [0.29, 0.717) is 61.5 Å². The smallest absolute Gasteiger partial charge is 0.227 e. The molecule has 1 aliphatic carbocycles. The van der Waals surface area contributed by atoms with Crippen molar-refractivity contribution in [2.45, 2.75) is 32.1 Å². The van der Waals surface area contributed by atoms with E-state index >= 15 is 4.39 Å². The molecule has 1 aliphatic rings. The number of carbonyl (C=O) groups excluding carboxylic acids is 1. The largest absolute Gasteiger partial charge is 0.324 e. The molecule has 1 saturated carbocycles. The highest BCUT2D eigenvalue weighted by molar-refractivity contribution is 5.98. The van der Waals surface area contributed by atoms with Gasteiger partial charge in [0.1, 0.15) is 22.8 Å². The van der Waals surface area contributed by atoms with Crippen molar-refractivity contribution in [1.82, 2.24) is 30.1 Å². The van der Waals surface area contributed by atoms with Crippen LogP contribution < -0.4 is 5.32 Å². The normalized spacial score (nSPS) is 14.1. The molecule has 0 saturated heterocycles. The van der Waals surface area contributed by atoms with Crippen LogP contribution in [0.1, 0.15) is 32.1 Å². The molecule has 0 spiro atoms. The third-order valence-electron chi connectivity index (χ3n) is 7.72. The van der Waals surface area contributed by atoms with E-state index in [1.165, 1.54) is 12.1 Å². The van der Waals surface area contributed by atoms with Gasteiger partial charge >= 0.3 is 0 Å². The Hall–Kier alpha value is -4.99. The summed E-state index contributed by atoms with van der Waals surface area (Å²) in [6, 6.07) is 13.0. The van der Waals surface area contributed by atoms with Gasteiger partial charge in [-0.3, -0.25) is 14.9 Å². The summed E-state index contributed by atoms with van der Waals surface area (Å²) in [5.41, 5.74) is 4.29. The van der Waals surface area contributed by atoms with Crippen molar-refractivity contribution in [1.29, 1.82) is 0 Å². The lowest BCUT2D eigenvalue weighted by Crippen LogP contribution is -2.24. The van der Waals surface area contributed by atoms with Crippen LogP contribution in [-0.2, 0) is 4.79 Å². The van der Waals surface area contributed by atoms with E-state index in [1.54, 1.807) is 55.0 Å². The summed E-state index contributed by atoms with van der Waals surface area (Å²) in [6.45, 7) is 0. The second kappa shape index (κ2) is 10.2. The van der Waals surface area contributed by atoms with Gasteiger partial charge in [0.2, 0.25) is 5.91 Å². The Bertz CT molecular complexity index is 1920. The van der Waals surface area contributed by atoms with Gasteiger partial charge in [-0.25, -0.2) is 18.7 Å². The summed E-state index contributed by atoms with van der Waals surface area (Å²) >= 11 is 0. The molecule has 0 atom stereocenters. The van der Waals surface area contributed by atoms with E-state index in [4.69, 9.17) is 4.98 Å². The molecule has 41 heavy (non-hydrogen) atoms. The molecule has 8 nitrogen and oxygen atoms in total. The second-order valence-electron chi connectivity index (χ2n) is 10.4. The molecular weight excluding hydrogens is 524 g/mol. The molecule has 1 fully saturated rings. The minimum atomic E-state index is -0.460. The van der Waals surface area contributed by atoms with Crippen LogP contribution in [0.25, 0.3) is 55.8 Å². The zero-order valence-corrected chi connectivity index (χ0v) is 21.9. The number of fused-ring (bicyclic) bond motifs is 2. The third kappa shape index (κ3) is 4.61. The van der Waals surface area contributed by atoms with Crippen molar-refractivity contribution in [2.75, 3.05) is 5.32 Å². The minimum absolute atomic E-state index is 0.00817. The van der Waals surface area contributed by atoms with Crippen molar-refractivity contribution in [3.8, 4) is 33.8 Å². The molecule has 1 amide bonds. The molecule has 2 aromatic carbocycles. The number of rotatable bonds is 5. The maximum absolute atomic E-state index is 15.3. The van der Waals surface area contributed by atoms with Gasteiger partial charge in [0.05, 0.1) is 17.4 Å². The molecule has 10 heteroatoms. The number of aromatic nitrogens is 6. The number of halogens is 2. The zero-order valence-electron chi connectivity index (χ0n) is 21.9. The molecule has 6 aromatic rings. The van der Waals surface area contributed by atoms with Gasteiger partial charge in [0.15, 0.2) is 11.5 Å². The first-order chi connectivity index (χ1) is 20.0. The Balaban J connectivity index is 1.26. The highest BCUT2D eigenvalue weighted by Crippen LogP contribution is 2.35. The minimum Gasteiger partial charge on any atom is -0.324 e. The number of imidazole rings is 1. The number of benzene rings is 2. The fourth-order valence-corrected chi connectivity index (χ4v) is 5.62. The number of amides is 1. The molecule has 204 valence electrons. The second-order valence-corrected chi connectivity index (χ2v) is 10.4. The Kier molecular flexibility index (Phi) is 6.22. The summed E-state index contributed by atoms with van der Waals surface area (Å²) in [4.78, 5) is 29.3. The molecular formula is C31H25F2N7O. The summed E-state index contributed by atoms with van der Waals surface area (Å²) in [5, 5.41) is 10.9. The Morgan fingerprint density at radius 1 is 0.927 bits per heavy atom. The van der Waals surface area contributed by atoms with E-state index in [-0.39, 0.29) is 17.6 Å². The van der Waals surface area contributed by atoms with Gasteiger partial charge in [-0.15, -0.1) is 0 Å². The topological polar surface area (TPSA) is 112 Å². The molecule has 0 unspecified atom stereocenters. The van der Waals surface area contributed by atoms with Gasteiger partial charge in [-0.05, 0) is 37.1 Å². The average Bonchev–Trinajstić information content (AvgIpc) is 3.61. The van der Waals surface area contributed by atoms with Crippen LogP contribution >= 0.6 is 0 Å². The first kappa shape index (κ1) is 25.0. The van der Waals surface area contributed by atoms with Crippen LogP contribution in [0.4, 0.5) is 14.5 Å². The van der Waals surface area contributed by atoms with Crippen LogP contribution in [0.5, 0.6) is 0 Å². The lowest BCUT2D eigenvalue weighted by atomic mass is 9.88. The predicted octanol–water partition coefficient (Wildman–Crippen LogP) is 7.03. The highest BCUT2D eigenvalue weighted by atomic mass is 19.1. The Labute approximate surface area is 233 Å². The van der Waals surface area contributed by atoms with Crippen molar-refractivity contribution in [3.63, 3.8) is 0 Å². The molecule has 4 aromatic heterocycles. The summed E-state index contributed by atoms with van der Waals surface area (Å²) in [6.07, 6.45) is 9.76. The van der Waals surface area contributed by atoms with E-state index < -0.39 is 5.82 Å². The van der Waals surface area contributed by atoms with Crippen molar-refractivity contribution in [3.05, 3.63) is 78.8 Å². The fraction of sp³-hybridized carbons (Fsp3) is 0.194. The fourth-order valence-electron chi connectivity index (χ4n) is 5.62. The van der Waals surface area contributed by atoms with Crippen LogP contribution in [0.15, 0.2) is 67.1 Å². The van der Waals surface area contributed by atoms with Gasteiger partial charge in [0.25, 0.3) is 0 Å². The third-order valence-corrected chi connectivity index (χ3v) is 7.72. The first-order valence-electron chi connectivity index (χ1n) is 13.6. The summed E-state index contributed by atoms with van der Waals surface area (Å²) in [5.74, 6) is -0.443. The Morgan fingerprint density at radius 3 is 2.63 bits per heavy atom. The molecule has 0 bridgehead atoms. The standard InChI is InChI=1S/C31H25F2N7O/c32-24-9-5-4-8-20(24)21-10-11-35-29-27(21)37-30(38-29)28-23-13-22(25(33)14-26(23)39-40-28)18-12-19(16-34-15-18)36-31(41)17-6-2-1-3-7-17/h4-5,8-17H,1-3,6-7H2,(H,36,41)(H,39,40)(H,35,37,38). The van der Waals surface area contributed by atoms with Crippen LogP contribution in [0.2, 0.25) is 0 Å². The molecule has 0 aliphatic heterocycles. The summed E-state index contributed by atoms with van der Waals surface area (Å²) in [7, 11) is 0. The number of hydrogen-bond donors (Lipinski definition) is 3. The molecule has 4 heterocycles. The first-order valence-corrected chi connectivity index (χ1v) is 13.6. The number of pyridine rings is 2.